The lowest BCUT2D eigenvalue weighted by atomic mass is 10.1. The predicted molar refractivity (Wildman–Crippen MR) is 106 cm³/mol. The van der Waals surface area contributed by atoms with E-state index in [1.807, 2.05) is 24.8 Å². The summed E-state index contributed by atoms with van der Waals surface area (Å²) in [4.78, 5) is 14.3. The molecule has 1 aliphatic rings. The van der Waals surface area contributed by atoms with Crippen LogP contribution in [0.2, 0.25) is 0 Å². The summed E-state index contributed by atoms with van der Waals surface area (Å²) in [6, 6.07) is 6.20. The van der Waals surface area contributed by atoms with Crippen molar-refractivity contribution < 1.29 is 9.53 Å². The van der Waals surface area contributed by atoms with Gasteiger partial charge in [0, 0.05) is 18.8 Å². The second-order valence-corrected chi connectivity index (χ2v) is 8.84. The van der Waals surface area contributed by atoms with Gasteiger partial charge < -0.3 is 15.0 Å². The Bertz CT molecular complexity index is 770. The van der Waals surface area contributed by atoms with Crippen molar-refractivity contribution in [3.8, 4) is 0 Å². The maximum absolute atomic E-state index is 12.4. The Morgan fingerprint density at radius 1 is 1.27 bits per heavy atom. The van der Waals surface area contributed by atoms with Crippen LogP contribution in [0, 0.1) is 13.8 Å². The van der Waals surface area contributed by atoms with Crippen molar-refractivity contribution in [2.75, 3.05) is 24.2 Å². The number of ether oxygens (including phenoxy) is 1. The minimum Gasteiger partial charge on any atom is -0.372 e. The zero-order valence-corrected chi connectivity index (χ0v) is 17.1. The summed E-state index contributed by atoms with van der Waals surface area (Å²) in [5.74, 6) is 0.494. The van der Waals surface area contributed by atoms with Gasteiger partial charge in [0.2, 0.25) is 11.0 Å². The lowest BCUT2D eigenvalue weighted by molar-refractivity contribution is -0.140. The van der Waals surface area contributed by atoms with Crippen LogP contribution < -0.4 is 5.32 Å². The van der Waals surface area contributed by atoms with Gasteiger partial charge in [0.05, 0.1) is 18.0 Å². The van der Waals surface area contributed by atoms with E-state index in [1.165, 1.54) is 34.2 Å². The maximum Gasteiger partial charge on any atom is 0.233 e. The first-order valence-corrected chi connectivity index (χ1v) is 10.4. The quantitative estimate of drug-likeness (QED) is 0.784. The second kappa shape index (κ2) is 8.37. The van der Waals surface area contributed by atoms with Crippen molar-refractivity contribution >= 4 is 39.8 Å². The number of rotatable bonds is 5. The summed E-state index contributed by atoms with van der Waals surface area (Å²) in [6.07, 6.45) is 0.172. The molecule has 1 N–H and O–H groups in total. The molecule has 0 unspecified atom stereocenters. The van der Waals surface area contributed by atoms with E-state index in [0.717, 1.165) is 15.2 Å². The van der Waals surface area contributed by atoms with Gasteiger partial charge in [-0.05, 0) is 51.0 Å². The number of aromatic nitrogens is 2. The number of nitrogens with one attached hydrogen (secondary N) is 1. The van der Waals surface area contributed by atoms with Crippen LogP contribution in [0.4, 0.5) is 10.8 Å². The highest BCUT2D eigenvalue weighted by Crippen LogP contribution is 2.28. The Morgan fingerprint density at radius 2 is 2.00 bits per heavy atom. The largest absolute Gasteiger partial charge is 0.372 e. The summed E-state index contributed by atoms with van der Waals surface area (Å²) in [5.41, 5.74) is 3.48. The molecule has 6 nitrogen and oxygen atoms in total. The van der Waals surface area contributed by atoms with Gasteiger partial charge in [0.1, 0.15) is 0 Å². The maximum atomic E-state index is 12.4. The van der Waals surface area contributed by atoms with Crippen LogP contribution in [-0.2, 0) is 9.53 Å². The van der Waals surface area contributed by atoms with E-state index in [4.69, 9.17) is 4.74 Å². The number of carbonyl (C=O) groups excluding carboxylic acids is 1. The summed E-state index contributed by atoms with van der Waals surface area (Å²) >= 11 is 2.90. The Morgan fingerprint density at radius 3 is 2.69 bits per heavy atom. The number of carbonyl (C=O) groups is 1. The molecule has 0 radical (unpaired) electrons. The van der Waals surface area contributed by atoms with Gasteiger partial charge >= 0.3 is 0 Å². The number of anilines is 2. The van der Waals surface area contributed by atoms with Crippen molar-refractivity contribution in [2.24, 2.45) is 0 Å². The molecular weight excluding hydrogens is 368 g/mol. The fraction of sp³-hybridized carbons (Fsp3) is 0.500. The molecule has 1 saturated heterocycles. The Balaban J connectivity index is 1.53. The summed E-state index contributed by atoms with van der Waals surface area (Å²) < 4.78 is 6.47. The van der Waals surface area contributed by atoms with E-state index in [-0.39, 0.29) is 18.1 Å². The molecule has 2 heterocycles. The average Bonchev–Trinajstić information content (AvgIpc) is 3.02. The molecule has 2 atom stereocenters. The standard InChI is InChI=1S/C18H24N4O2S2/c1-11-5-6-15(7-12(11)2)19-17-20-21-18(26-17)25-10-16(23)22-8-13(3)24-14(4)9-22/h5-7,13-14H,8-10H2,1-4H3,(H,19,20)/t13-,14-/m1/s1. The number of benzene rings is 1. The Labute approximate surface area is 162 Å². The molecule has 1 fully saturated rings. The van der Waals surface area contributed by atoms with Crippen LogP contribution in [0.3, 0.4) is 0 Å². The third-order valence-electron chi connectivity index (χ3n) is 4.26. The van der Waals surface area contributed by atoms with E-state index in [1.54, 1.807) is 0 Å². The van der Waals surface area contributed by atoms with Crippen LogP contribution in [0.15, 0.2) is 22.5 Å². The fourth-order valence-corrected chi connectivity index (χ4v) is 4.53. The normalized spacial score (nSPS) is 20.2. The monoisotopic (exact) mass is 392 g/mol. The topological polar surface area (TPSA) is 67.4 Å². The highest BCUT2D eigenvalue weighted by atomic mass is 32.2. The fourth-order valence-electron chi connectivity index (χ4n) is 2.86. The molecule has 1 aromatic carbocycles. The molecule has 0 saturated carbocycles. The number of nitrogens with zero attached hydrogens (tertiary/aromatic N) is 3. The molecule has 8 heteroatoms. The van der Waals surface area contributed by atoms with E-state index >= 15 is 0 Å². The second-order valence-electron chi connectivity index (χ2n) is 6.64. The number of hydrogen-bond acceptors (Lipinski definition) is 7. The van der Waals surface area contributed by atoms with E-state index in [0.29, 0.717) is 18.8 Å². The van der Waals surface area contributed by atoms with Gasteiger partial charge in [-0.3, -0.25) is 4.79 Å². The SMILES string of the molecule is Cc1ccc(Nc2nnc(SCC(=O)N3C[C@@H](C)O[C@H](C)C3)s2)cc1C. The Kier molecular flexibility index (Phi) is 6.16. The van der Waals surface area contributed by atoms with Crippen molar-refractivity contribution in [2.45, 2.75) is 44.2 Å². The van der Waals surface area contributed by atoms with Crippen LogP contribution in [0.1, 0.15) is 25.0 Å². The van der Waals surface area contributed by atoms with Crippen molar-refractivity contribution in [1.82, 2.24) is 15.1 Å². The van der Waals surface area contributed by atoms with Gasteiger partial charge in [-0.2, -0.15) is 0 Å². The molecule has 1 aliphatic heterocycles. The molecule has 2 aromatic rings. The third kappa shape index (κ3) is 4.96. The number of amides is 1. The van der Waals surface area contributed by atoms with E-state index in [9.17, 15) is 4.79 Å². The first kappa shape index (κ1) is 19.1. The summed E-state index contributed by atoms with van der Waals surface area (Å²) in [7, 11) is 0. The minimum atomic E-state index is 0.0861. The van der Waals surface area contributed by atoms with Crippen molar-refractivity contribution in [3.63, 3.8) is 0 Å². The van der Waals surface area contributed by atoms with Crippen LogP contribution in [-0.4, -0.2) is 52.1 Å². The molecule has 0 spiro atoms. The van der Waals surface area contributed by atoms with Gasteiger partial charge in [0.25, 0.3) is 0 Å². The minimum absolute atomic E-state index is 0.0861. The average molecular weight is 393 g/mol. The number of aryl methyl sites for hydroxylation is 2. The molecule has 0 bridgehead atoms. The molecule has 3 rings (SSSR count). The molecule has 26 heavy (non-hydrogen) atoms. The molecule has 1 aromatic heterocycles. The first-order chi connectivity index (χ1) is 12.4. The highest BCUT2D eigenvalue weighted by molar-refractivity contribution is 8.01. The highest BCUT2D eigenvalue weighted by Gasteiger charge is 2.25. The summed E-state index contributed by atoms with van der Waals surface area (Å²) in [5, 5.41) is 12.4. The van der Waals surface area contributed by atoms with Gasteiger partial charge in [0.15, 0.2) is 4.34 Å². The molecule has 140 valence electrons. The lowest BCUT2D eigenvalue weighted by Crippen LogP contribution is -2.48. The van der Waals surface area contributed by atoms with Crippen LogP contribution >= 0.6 is 23.1 Å². The Hall–Kier alpha value is -1.64. The van der Waals surface area contributed by atoms with Gasteiger partial charge in [-0.1, -0.05) is 29.2 Å². The van der Waals surface area contributed by atoms with E-state index < -0.39 is 0 Å². The first-order valence-electron chi connectivity index (χ1n) is 8.64. The zero-order chi connectivity index (χ0) is 18.7. The van der Waals surface area contributed by atoms with Crippen molar-refractivity contribution in [3.05, 3.63) is 29.3 Å². The van der Waals surface area contributed by atoms with Gasteiger partial charge in [-0.15, -0.1) is 10.2 Å². The van der Waals surface area contributed by atoms with Crippen LogP contribution in [0.5, 0.6) is 0 Å². The number of hydrogen-bond donors (Lipinski definition) is 1. The number of morpholine rings is 1. The zero-order valence-electron chi connectivity index (χ0n) is 15.5. The smallest absolute Gasteiger partial charge is 0.233 e. The van der Waals surface area contributed by atoms with Crippen LogP contribution in [0.25, 0.3) is 0 Å². The summed E-state index contributed by atoms with van der Waals surface area (Å²) in [6.45, 7) is 9.47. The third-order valence-corrected chi connectivity index (χ3v) is 6.21. The lowest BCUT2D eigenvalue weighted by Gasteiger charge is -2.35. The van der Waals surface area contributed by atoms with E-state index in [2.05, 4.69) is 41.5 Å². The number of thioether (sulfide) groups is 1. The van der Waals surface area contributed by atoms with Crippen molar-refractivity contribution in [1.29, 1.82) is 0 Å². The predicted octanol–water partition coefficient (Wildman–Crippen LogP) is 3.63. The van der Waals surface area contributed by atoms with Gasteiger partial charge in [-0.25, -0.2) is 0 Å². The molecule has 1 amide bonds. The molecular formula is C18H24N4O2S2. The molecule has 0 aliphatic carbocycles.